The van der Waals surface area contributed by atoms with Gasteiger partial charge in [-0.25, -0.2) is 24.0 Å². The normalized spacial score (nSPS) is 11.0. The fourth-order valence-corrected chi connectivity index (χ4v) is 9.81. The van der Waals surface area contributed by atoms with Crippen LogP contribution in [0.15, 0.2) is 176 Å². The van der Waals surface area contributed by atoms with Gasteiger partial charge in [-0.1, -0.05) is 48.5 Å². The number of rotatable bonds is 11. The maximum Gasteiger partial charge on any atom is 0.328 e. The van der Waals surface area contributed by atoms with E-state index in [2.05, 4.69) is 48.5 Å². The van der Waals surface area contributed by atoms with Gasteiger partial charge in [0.1, 0.15) is 0 Å². The molecule has 0 aliphatic rings. The third-order valence-electron chi connectivity index (χ3n) is 15.0. The number of nitrogens with zero attached hydrogens (tertiary/aromatic N) is 11. The number of anilines is 11. The van der Waals surface area contributed by atoms with Crippen LogP contribution < -0.4 is 53.9 Å². The van der Waals surface area contributed by atoms with Crippen molar-refractivity contribution >= 4 is 125 Å². The van der Waals surface area contributed by atoms with Crippen molar-refractivity contribution in [3.8, 4) is 0 Å². The van der Waals surface area contributed by atoms with Gasteiger partial charge in [0.15, 0.2) is 0 Å². The van der Waals surface area contributed by atoms with Crippen LogP contribution in [0.2, 0.25) is 0 Å². The van der Waals surface area contributed by atoms with Gasteiger partial charge in [-0.3, -0.25) is 49.0 Å². The van der Waals surface area contributed by atoms with Crippen LogP contribution in [0.25, 0.3) is 32.3 Å². The van der Waals surface area contributed by atoms with Gasteiger partial charge in [0, 0.05) is 147 Å². The molecule has 0 aliphatic heterocycles. The second-order valence-corrected chi connectivity index (χ2v) is 19.9. The van der Waals surface area contributed by atoms with Crippen LogP contribution in [-0.2, 0) is 0 Å². The van der Waals surface area contributed by atoms with Gasteiger partial charge >= 0.3 is 30.2 Å². The summed E-state index contributed by atoms with van der Waals surface area (Å²) in [6.45, 7) is 0. The summed E-state index contributed by atoms with van der Waals surface area (Å²) in [6, 6.07) is 54.0. The molecule has 0 unspecified atom stereocenters. The number of carbonyl (C=O) groups excluding carboxylic acids is 5. The standard InChI is InChI=1S/C63H65N11O5/c1-64(2)45-20-22-46(23-21-45)65(3)59(75)66(4)47-24-26-48(27-25-47)67(5)60(76)68(6)49-28-30-50(31-29-49)69(7)61(77)70(8)51-32-34-52(35-33-51)71(9)62(78)72(10)53-36-38-54(39-37-53)73(11)63(79)74(12)56-41-19-44-17-16-42-14-13-15-43-18-40-55(56)58(44)57(42)43/h13-41H,1-12H3. The second kappa shape index (κ2) is 22.0. The number of hydrogen-bond donors (Lipinski definition) is 0. The van der Waals surface area contributed by atoms with E-state index in [0.29, 0.717) is 45.5 Å². The molecule has 9 aromatic rings. The predicted octanol–water partition coefficient (Wildman–Crippen LogP) is 13.1. The lowest BCUT2D eigenvalue weighted by molar-refractivity contribution is 0.253. The number of amides is 10. The van der Waals surface area contributed by atoms with E-state index in [1.807, 2.05) is 73.6 Å². The lowest BCUT2D eigenvalue weighted by atomic mass is 9.93. The fourth-order valence-electron chi connectivity index (χ4n) is 9.81. The number of hydrogen-bond acceptors (Lipinski definition) is 6. The van der Waals surface area contributed by atoms with Crippen LogP contribution in [0.1, 0.15) is 0 Å². The molecule has 0 spiro atoms. The first-order valence-corrected chi connectivity index (χ1v) is 25.7. The second-order valence-electron chi connectivity index (χ2n) is 19.9. The van der Waals surface area contributed by atoms with Crippen LogP contribution in [0.5, 0.6) is 0 Å². The van der Waals surface area contributed by atoms with Crippen LogP contribution in [0.4, 0.5) is 86.5 Å². The van der Waals surface area contributed by atoms with Gasteiger partial charge in [-0.15, -0.1) is 0 Å². The third kappa shape index (κ3) is 10.4. The Morgan fingerprint density at radius 2 is 0.443 bits per heavy atom. The van der Waals surface area contributed by atoms with E-state index in [4.69, 9.17) is 0 Å². The fraction of sp³-hybridized carbons (Fsp3) is 0.190. The Bertz CT molecular complexity index is 3690. The maximum atomic E-state index is 14.0. The molecular weight excluding hydrogens is 991 g/mol. The summed E-state index contributed by atoms with van der Waals surface area (Å²) in [5, 5.41) is 6.78. The van der Waals surface area contributed by atoms with E-state index in [1.54, 1.807) is 163 Å². The predicted molar refractivity (Wildman–Crippen MR) is 328 cm³/mol. The van der Waals surface area contributed by atoms with Gasteiger partial charge in [0.05, 0.1) is 5.69 Å². The molecule has 0 aromatic heterocycles. The smallest absolute Gasteiger partial charge is 0.328 e. The van der Waals surface area contributed by atoms with E-state index in [0.717, 1.165) is 44.0 Å². The minimum absolute atomic E-state index is 0.209. The van der Waals surface area contributed by atoms with Gasteiger partial charge in [-0.05, 0) is 154 Å². The SMILES string of the molecule is CN(C)c1ccc(N(C)C(=O)N(C)c2ccc(N(C)C(=O)N(C)c3ccc(N(C)C(=O)N(C)c4ccc(N(C)C(=O)N(C)c5ccc(N(C)C(=O)N(C)c6ccc7ccc8cccc9ccc6c7c89)cc5)cc4)cc3)cc2)cc1. The monoisotopic (exact) mass is 1060 g/mol. The minimum Gasteiger partial charge on any atom is -0.378 e. The zero-order valence-electron chi connectivity index (χ0n) is 46.7. The maximum absolute atomic E-state index is 14.0. The summed E-state index contributed by atoms with van der Waals surface area (Å²) in [5.74, 6) is 0. The van der Waals surface area contributed by atoms with E-state index in [-0.39, 0.29) is 30.2 Å². The van der Waals surface area contributed by atoms with Crippen molar-refractivity contribution in [3.05, 3.63) is 176 Å². The van der Waals surface area contributed by atoms with Crippen molar-refractivity contribution in [1.29, 1.82) is 0 Å². The summed E-state index contributed by atoms with van der Waals surface area (Å²) in [5.41, 5.74) is 7.69. The Balaban J connectivity index is 0.770. The first-order chi connectivity index (χ1) is 37.7. The molecule has 0 saturated carbocycles. The molecule has 0 atom stereocenters. The lowest BCUT2D eigenvalue weighted by Gasteiger charge is -2.28. The minimum atomic E-state index is -0.301. The van der Waals surface area contributed by atoms with Crippen LogP contribution in [0.3, 0.4) is 0 Å². The van der Waals surface area contributed by atoms with Crippen molar-refractivity contribution < 1.29 is 24.0 Å². The Labute approximate surface area is 461 Å². The van der Waals surface area contributed by atoms with Crippen LogP contribution in [0, 0.1) is 0 Å². The summed E-state index contributed by atoms with van der Waals surface area (Å²) in [7, 11) is 21.0. The average Bonchev–Trinajstić information content (AvgIpc) is 3.66. The number of carbonyl (C=O) groups is 5. The Kier molecular flexibility index (Phi) is 15.0. The average molecular weight is 1060 g/mol. The molecule has 0 heterocycles. The molecule has 79 heavy (non-hydrogen) atoms. The van der Waals surface area contributed by atoms with Crippen LogP contribution in [-0.4, -0.2) is 115 Å². The summed E-state index contributed by atoms with van der Waals surface area (Å²) in [4.78, 5) is 86.2. The first-order valence-electron chi connectivity index (χ1n) is 25.7. The molecule has 16 nitrogen and oxygen atoms in total. The highest BCUT2D eigenvalue weighted by molar-refractivity contribution is 6.26. The van der Waals surface area contributed by atoms with Gasteiger partial charge in [0.25, 0.3) is 0 Å². The summed E-state index contributed by atoms with van der Waals surface area (Å²) < 4.78 is 0. The Morgan fingerprint density at radius 3 is 0.709 bits per heavy atom. The lowest BCUT2D eigenvalue weighted by Crippen LogP contribution is -2.40. The molecule has 0 bridgehead atoms. The molecular formula is C63H65N11O5. The Morgan fingerprint density at radius 1 is 0.228 bits per heavy atom. The molecule has 0 radical (unpaired) electrons. The van der Waals surface area contributed by atoms with Gasteiger partial charge in [0.2, 0.25) is 0 Å². The highest BCUT2D eigenvalue weighted by Gasteiger charge is 2.25. The van der Waals surface area contributed by atoms with Crippen LogP contribution >= 0.6 is 0 Å². The quantitative estimate of drug-likeness (QED) is 0.119. The highest BCUT2D eigenvalue weighted by atomic mass is 16.2. The zero-order chi connectivity index (χ0) is 56.6. The molecule has 402 valence electrons. The van der Waals surface area contributed by atoms with Crippen molar-refractivity contribution in [2.75, 3.05) is 138 Å². The molecule has 16 heteroatoms. The van der Waals surface area contributed by atoms with Gasteiger partial charge in [-0.2, -0.15) is 0 Å². The molecule has 9 rings (SSSR count). The highest BCUT2D eigenvalue weighted by Crippen LogP contribution is 2.39. The van der Waals surface area contributed by atoms with Crippen molar-refractivity contribution in [2.24, 2.45) is 0 Å². The number of urea groups is 5. The molecule has 0 fully saturated rings. The van der Waals surface area contributed by atoms with E-state index in [9.17, 15) is 24.0 Å². The van der Waals surface area contributed by atoms with Gasteiger partial charge < -0.3 is 4.90 Å². The van der Waals surface area contributed by atoms with E-state index < -0.39 is 0 Å². The first kappa shape index (κ1) is 54.0. The largest absolute Gasteiger partial charge is 0.378 e. The van der Waals surface area contributed by atoms with Crippen molar-refractivity contribution in [2.45, 2.75) is 0 Å². The topological polar surface area (TPSA) is 121 Å². The molecule has 0 aliphatic carbocycles. The number of benzene rings is 9. The third-order valence-corrected chi connectivity index (χ3v) is 15.0. The van der Waals surface area contributed by atoms with E-state index in [1.165, 1.54) is 34.8 Å². The van der Waals surface area contributed by atoms with E-state index >= 15 is 0 Å². The Hall–Kier alpha value is -9.83. The summed E-state index contributed by atoms with van der Waals surface area (Å²) in [6.07, 6.45) is 0. The molecule has 0 saturated heterocycles. The van der Waals surface area contributed by atoms with Crippen molar-refractivity contribution in [3.63, 3.8) is 0 Å². The molecule has 9 aromatic carbocycles. The van der Waals surface area contributed by atoms with Crippen molar-refractivity contribution in [1.82, 2.24) is 0 Å². The summed E-state index contributed by atoms with van der Waals surface area (Å²) >= 11 is 0. The molecule has 0 N–H and O–H groups in total. The molecule has 10 amide bonds. The zero-order valence-corrected chi connectivity index (χ0v) is 46.7.